The molecule has 0 heterocycles. The quantitative estimate of drug-likeness (QED) is 0.478. The molecule has 0 bridgehead atoms. The summed E-state index contributed by atoms with van der Waals surface area (Å²) in [4.78, 5) is 0. The molecular weight excluding hydrogens is 296 g/mol. The third-order valence-corrected chi connectivity index (χ3v) is 0. The Morgan fingerprint density at radius 3 is 0.615 bits per heavy atom. The molecule has 86 valence electrons. The van der Waals surface area contributed by atoms with Crippen molar-refractivity contribution in [3.05, 3.63) is 0 Å². The molecule has 13 heteroatoms. The molecular formula is H8Cr2O10S. The van der Waals surface area contributed by atoms with Crippen LogP contribution in [0.25, 0.3) is 0 Å². The van der Waals surface area contributed by atoms with Crippen LogP contribution in [0.4, 0.5) is 0 Å². The van der Waals surface area contributed by atoms with Crippen LogP contribution in [0.2, 0.25) is 0 Å². The second kappa shape index (κ2) is 38.7. The standard InChI is InChI=1S/2Cr.H2O4S.6H2O/c;;1-5(2,3)4;;;;;;/h;;(H2,1,2,3,4);6*1H2/q2*+3;;;;;;;/p-6. The molecule has 10 nitrogen and oxygen atoms in total. The minimum atomic E-state index is -4.67. The molecule has 0 fully saturated rings. The average molecular weight is 304 g/mol. The van der Waals surface area contributed by atoms with Gasteiger partial charge in [0.2, 0.25) is 0 Å². The van der Waals surface area contributed by atoms with Crippen LogP contribution >= 0.6 is 0 Å². The smallest absolute Gasteiger partial charge is 0.870 e. The van der Waals surface area contributed by atoms with Gasteiger partial charge in [0.05, 0.1) is 0 Å². The Bertz CT molecular complexity index is 96.1. The third-order valence-electron chi connectivity index (χ3n) is 0. The molecule has 0 rings (SSSR count). The second-order valence-electron chi connectivity index (χ2n) is 0.448. The molecule has 0 aromatic rings. The van der Waals surface area contributed by atoms with Crippen molar-refractivity contribution in [1.29, 1.82) is 0 Å². The van der Waals surface area contributed by atoms with Crippen LogP contribution in [0.3, 0.4) is 0 Å². The third kappa shape index (κ3) is 3010. The predicted molar refractivity (Wildman–Crippen MR) is 25.8 cm³/mol. The van der Waals surface area contributed by atoms with Gasteiger partial charge >= 0.3 is 45.1 Å². The van der Waals surface area contributed by atoms with Gasteiger partial charge in [-0.3, -0.25) is 9.11 Å². The van der Waals surface area contributed by atoms with E-state index in [2.05, 4.69) is 0 Å². The van der Waals surface area contributed by atoms with Crippen molar-refractivity contribution in [1.82, 2.24) is 0 Å². The second-order valence-corrected chi connectivity index (χ2v) is 1.34. The van der Waals surface area contributed by atoms with Crippen LogP contribution in [-0.2, 0) is 45.1 Å². The summed E-state index contributed by atoms with van der Waals surface area (Å²) in [6.07, 6.45) is 0. The Morgan fingerprint density at radius 2 is 0.615 bits per heavy atom. The first-order chi connectivity index (χ1) is 2.00. The van der Waals surface area contributed by atoms with E-state index in [1.165, 1.54) is 0 Å². The zero-order valence-corrected chi connectivity index (χ0v) is 8.99. The largest absolute Gasteiger partial charge is 3.00 e. The average Bonchev–Trinajstić information content (AvgIpc) is 0.722. The van der Waals surface area contributed by atoms with Crippen LogP contribution in [0.1, 0.15) is 0 Å². The Kier molecular flexibility index (Phi) is 298. The maximum atomic E-state index is 8.74. The van der Waals surface area contributed by atoms with Gasteiger partial charge in [-0.05, 0) is 0 Å². The van der Waals surface area contributed by atoms with E-state index in [-0.39, 0.29) is 67.6 Å². The van der Waals surface area contributed by atoms with E-state index in [1.54, 1.807) is 0 Å². The van der Waals surface area contributed by atoms with Crippen molar-refractivity contribution in [3.63, 3.8) is 0 Å². The molecule has 2 radical (unpaired) electrons. The Hall–Kier alpha value is 0.695. The molecule has 0 aromatic heterocycles. The van der Waals surface area contributed by atoms with Gasteiger partial charge in [0.15, 0.2) is 0 Å². The van der Waals surface area contributed by atoms with E-state index in [9.17, 15) is 0 Å². The number of hydrogen-bond donors (Lipinski definition) is 2. The molecule has 0 aromatic carbocycles. The monoisotopic (exact) mass is 304 g/mol. The summed E-state index contributed by atoms with van der Waals surface area (Å²) in [5, 5.41) is 0. The first-order valence-corrected chi connectivity index (χ1v) is 2.10. The van der Waals surface area contributed by atoms with Crippen LogP contribution < -0.4 is 0 Å². The molecule has 0 spiro atoms. The Balaban J connectivity index is -0.00000000286. The van der Waals surface area contributed by atoms with Crippen LogP contribution in [0.15, 0.2) is 0 Å². The summed E-state index contributed by atoms with van der Waals surface area (Å²) in [6, 6.07) is 0. The van der Waals surface area contributed by atoms with Crippen molar-refractivity contribution < 1.29 is 85.1 Å². The van der Waals surface area contributed by atoms with Gasteiger partial charge in [0, 0.05) is 0 Å². The van der Waals surface area contributed by atoms with Gasteiger partial charge in [-0.15, -0.1) is 0 Å². The first-order valence-electron chi connectivity index (χ1n) is 0.698. The molecule has 0 saturated heterocycles. The fraction of sp³-hybridized carbons (Fsp3) is 0. The van der Waals surface area contributed by atoms with Crippen molar-refractivity contribution >= 4 is 10.4 Å². The van der Waals surface area contributed by atoms with Crippen molar-refractivity contribution in [3.8, 4) is 0 Å². The normalized spacial score (nSPS) is 4.46. The summed E-state index contributed by atoms with van der Waals surface area (Å²) in [5.74, 6) is 0. The zero-order valence-electron chi connectivity index (χ0n) is 5.62. The maximum absolute atomic E-state index is 8.74. The molecule has 0 atom stereocenters. The maximum Gasteiger partial charge on any atom is 3.00 e. The van der Waals surface area contributed by atoms with E-state index >= 15 is 0 Å². The molecule has 0 aliphatic rings. The van der Waals surface area contributed by atoms with E-state index < -0.39 is 10.4 Å². The van der Waals surface area contributed by atoms with Crippen LogP contribution in [-0.4, -0.2) is 50.4 Å². The molecule has 0 unspecified atom stereocenters. The zero-order chi connectivity index (χ0) is 4.50. The van der Waals surface area contributed by atoms with Crippen molar-refractivity contribution in [2.75, 3.05) is 0 Å². The van der Waals surface area contributed by atoms with Gasteiger partial charge in [-0.2, -0.15) is 8.42 Å². The van der Waals surface area contributed by atoms with E-state index in [4.69, 9.17) is 17.5 Å². The number of rotatable bonds is 0. The molecule has 0 amide bonds. The minimum Gasteiger partial charge on any atom is -0.870 e. The van der Waals surface area contributed by atoms with Crippen molar-refractivity contribution in [2.45, 2.75) is 0 Å². The van der Waals surface area contributed by atoms with E-state index in [1.807, 2.05) is 0 Å². The molecule has 13 heavy (non-hydrogen) atoms. The van der Waals surface area contributed by atoms with Gasteiger partial charge in [-0.1, -0.05) is 0 Å². The van der Waals surface area contributed by atoms with Crippen LogP contribution in [0, 0.1) is 0 Å². The fourth-order valence-corrected chi connectivity index (χ4v) is 0. The summed E-state index contributed by atoms with van der Waals surface area (Å²) < 4.78 is 31.6. The Labute approximate surface area is 95.6 Å². The SMILES string of the molecule is O=S(=O)(O)O.[Cr+3].[Cr+3].[OH-].[OH-].[OH-].[OH-].[OH-].[OH-]. The van der Waals surface area contributed by atoms with Gasteiger partial charge in [0.1, 0.15) is 0 Å². The summed E-state index contributed by atoms with van der Waals surface area (Å²) in [6.45, 7) is 0. The Morgan fingerprint density at radius 1 is 0.615 bits per heavy atom. The molecule has 0 aliphatic heterocycles. The molecule has 0 aliphatic carbocycles. The topological polar surface area (TPSA) is 255 Å². The summed E-state index contributed by atoms with van der Waals surface area (Å²) in [7, 11) is -4.67. The number of hydrogen-bond acceptors (Lipinski definition) is 8. The minimum absolute atomic E-state index is 0. The van der Waals surface area contributed by atoms with Crippen molar-refractivity contribution in [2.24, 2.45) is 0 Å². The fourth-order valence-electron chi connectivity index (χ4n) is 0. The van der Waals surface area contributed by atoms with Crippen LogP contribution in [0.5, 0.6) is 0 Å². The van der Waals surface area contributed by atoms with Gasteiger partial charge in [-0.25, -0.2) is 0 Å². The van der Waals surface area contributed by atoms with E-state index in [0.717, 1.165) is 0 Å². The van der Waals surface area contributed by atoms with E-state index in [0.29, 0.717) is 0 Å². The molecule has 8 N–H and O–H groups in total. The molecule has 0 saturated carbocycles. The first kappa shape index (κ1) is 100. The predicted octanol–water partition coefficient (Wildman–Crippen LogP) is -1.72. The van der Waals surface area contributed by atoms with Gasteiger partial charge in [0.25, 0.3) is 0 Å². The van der Waals surface area contributed by atoms with Gasteiger partial charge < -0.3 is 32.9 Å². The summed E-state index contributed by atoms with van der Waals surface area (Å²) >= 11 is 0. The summed E-state index contributed by atoms with van der Waals surface area (Å²) in [5.41, 5.74) is 0.